The van der Waals surface area contributed by atoms with Crippen LogP contribution in [0.1, 0.15) is 36.5 Å². The van der Waals surface area contributed by atoms with E-state index >= 15 is 0 Å². The van der Waals surface area contributed by atoms with Gasteiger partial charge in [0.1, 0.15) is 5.78 Å². The molecule has 0 aliphatic carbocycles. The predicted octanol–water partition coefficient (Wildman–Crippen LogP) is 2.82. The van der Waals surface area contributed by atoms with Crippen LogP contribution in [-0.2, 0) is 4.79 Å². The maximum atomic E-state index is 12.8. The van der Waals surface area contributed by atoms with Gasteiger partial charge in [0.2, 0.25) is 0 Å². The summed E-state index contributed by atoms with van der Waals surface area (Å²) in [6.07, 6.45) is 4.02. The lowest BCUT2D eigenvalue weighted by Gasteiger charge is -2.24. The van der Waals surface area contributed by atoms with Crippen molar-refractivity contribution < 1.29 is 9.59 Å². The number of carbonyl (C=O) groups is 2. The molecule has 4 heteroatoms. The second-order valence-electron chi connectivity index (χ2n) is 5.58. The molecule has 1 amide bonds. The first-order chi connectivity index (χ1) is 10.2. The van der Waals surface area contributed by atoms with Crippen molar-refractivity contribution in [1.29, 1.82) is 0 Å². The molecular weight excluding hydrogens is 264 g/mol. The summed E-state index contributed by atoms with van der Waals surface area (Å²) in [5.41, 5.74) is 1.36. The van der Waals surface area contributed by atoms with Crippen molar-refractivity contribution in [2.45, 2.75) is 32.2 Å². The molecule has 21 heavy (non-hydrogen) atoms. The van der Waals surface area contributed by atoms with Crippen molar-refractivity contribution >= 4 is 22.6 Å². The van der Waals surface area contributed by atoms with Gasteiger partial charge in [-0.3, -0.25) is 14.6 Å². The number of carbonyl (C=O) groups excluding carboxylic acids is 2. The maximum Gasteiger partial charge on any atom is 0.256 e. The number of fused-ring (bicyclic) bond motifs is 1. The number of ketones is 1. The van der Waals surface area contributed by atoms with Gasteiger partial charge in [-0.05, 0) is 31.9 Å². The molecule has 2 aromatic rings. The van der Waals surface area contributed by atoms with Gasteiger partial charge in [-0.15, -0.1) is 0 Å². The molecule has 0 spiro atoms. The number of para-hydroxylation sites is 1. The Balaban J connectivity index is 1.95. The molecule has 0 bridgehead atoms. The van der Waals surface area contributed by atoms with E-state index in [1.54, 1.807) is 13.1 Å². The van der Waals surface area contributed by atoms with Crippen LogP contribution in [0.3, 0.4) is 0 Å². The van der Waals surface area contributed by atoms with E-state index in [0.29, 0.717) is 12.0 Å². The van der Waals surface area contributed by atoms with E-state index in [-0.39, 0.29) is 17.7 Å². The highest BCUT2D eigenvalue weighted by atomic mass is 16.2. The van der Waals surface area contributed by atoms with Crippen molar-refractivity contribution in [3.05, 3.63) is 42.1 Å². The molecule has 4 nitrogen and oxygen atoms in total. The Hall–Kier alpha value is -2.23. The topological polar surface area (TPSA) is 50.3 Å². The van der Waals surface area contributed by atoms with Gasteiger partial charge in [0.15, 0.2) is 0 Å². The van der Waals surface area contributed by atoms with Gasteiger partial charge >= 0.3 is 0 Å². The van der Waals surface area contributed by atoms with Crippen LogP contribution in [0.2, 0.25) is 0 Å². The van der Waals surface area contributed by atoms with Crippen LogP contribution in [0.25, 0.3) is 10.9 Å². The zero-order valence-corrected chi connectivity index (χ0v) is 12.1. The third kappa shape index (κ3) is 2.66. The monoisotopic (exact) mass is 282 g/mol. The highest BCUT2D eigenvalue weighted by Crippen LogP contribution is 2.25. The first-order valence-corrected chi connectivity index (χ1v) is 7.31. The first kappa shape index (κ1) is 13.7. The number of benzene rings is 1. The Bertz CT molecular complexity index is 691. The Morgan fingerprint density at radius 1 is 1.29 bits per heavy atom. The zero-order valence-electron chi connectivity index (χ0n) is 12.1. The lowest BCUT2D eigenvalue weighted by atomic mass is 10.1. The average Bonchev–Trinajstić information content (AvgIpc) is 2.93. The number of likely N-dealkylation sites (tertiary alicyclic amines) is 1. The van der Waals surface area contributed by atoms with Crippen LogP contribution in [0.15, 0.2) is 36.5 Å². The number of aromatic nitrogens is 1. The summed E-state index contributed by atoms with van der Waals surface area (Å²) in [6, 6.07) is 9.51. The molecule has 1 aliphatic rings. The molecule has 1 aromatic carbocycles. The second kappa shape index (κ2) is 5.64. The van der Waals surface area contributed by atoms with Crippen molar-refractivity contribution in [3.8, 4) is 0 Å². The summed E-state index contributed by atoms with van der Waals surface area (Å²) in [5, 5.41) is 0.964. The van der Waals surface area contributed by atoms with Crippen LogP contribution >= 0.6 is 0 Å². The van der Waals surface area contributed by atoms with E-state index in [1.165, 1.54) is 0 Å². The average molecular weight is 282 g/mol. The van der Waals surface area contributed by atoms with Crippen LogP contribution in [-0.4, -0.2) is 34.2 Å². The summed E-state index contributed by atoms with van der Waals surface area (Å²) in [4.78, 5) is 30.4. The van der Waals surface area contributed by atoms with Crippen molar-refractivity contribution in [1.82, 2.24) is 9.88 Å². The van der Waals surface area contributed by atoms with Gasteiger partial charge in [0, 0.05) is 30.6 Å². The largest absolute Gasteiger partial charge is 0.335 e. The minimum absolute atomic E-state index is 0.0111. The van der Waals surface area contributed by atoms with Crippen molar-refractivity contribution in [2.75, 3.05) is 6.54 Å². The summed E-state index contributed by atoms with van der Waals surface area (Å²) < 4.78 is 0. The molecule has 1 aliphatic heterocycles. The lowest BCUT2D eigenvalue weighted by Crippen LogP contribution is -2.36. The standard InChI is InChI=1S/C17H18N2O2/c1-12(20)11-14-7-4-10-19(14)17(21)15-8-2-5-13-6-3-9-18-16(13)15/h2-3,5-6,8-9,14H,4,7,10-11H2,1H3. The molecule has 1 saturated heterocycles. The third-order valence-corrected chi connectivity index (χ3v) is 4.02. The normalized spacial score (nSPS) is 18.1. The summed E-state index contributed by atoms with van der Waals surface area (Å²) in [7, 11) is 0. The van der Waals surface area contributed by atoms with Crippen LogP contribution in [0, 0.1) is 0 Å². The zero-order chi connectivity index (χ0) is 14.8. The van der Waals surface area contributed by atoms with Gasteiger partial charge in [-0.1, -0.05) is 18.2 Å². The Morgan fingerprint density at radius 3 is 2.90 bits per heavy atom. The lowest BCUT2D eigenvalue weighted by molar-refractivity contribution is -0.117. The number of nitrogens with zero attached hydrogens (tertiary/aromatic N) is 2. The molecule has 1 aromatic heterocycles. The fourth-order valence-electron chi connectivity index (χ4n) is 3.08. The summed E-state index contributed by atoms with van der Waals surface area (Å²) >= 11 is 0. The van der Waals surface area contributed by atoms with Crippen molar-refractivity contribution in [2.24, 2.45) is 0 Å². The molecule has 0 N–H and O–H groups in total. The number of hydrogen-bond acceptors (Lipinski definition) is 3. The first-order valence-electron chi connectivity index (χ1n) is 7.31. The summed E-state index contributed by atoms with van der Waals surface area (Å²) in [5.74, 6) is 0.124. The number of pyridine rings is 1. The molecule has 0 saturated carbocycles. The van der Waals surface area contributed by atoms with E-state index in [4.69, 9.17) is 0 Å². The molecule has 2 heterocycles. The Kier molecular flexibility index (Phi) is 3.69. The van der Waals surface area contributed by atoms with E-state index in [9.17, 15) is 9.59 Å². The highest BCUT2D eigenvalue weighted by molar-refractivity contribution is 6.05. The highest BCUT2D eigenvalue weighted by Gasteiger charge is 2.30. The van der Waals surface area contributed by atoms with E-state index in [1.807, 2.05) is 35.2 Å². The Morgan fingerprint density at radius 2 is 2.10 bits per heavy atom. The van der Waals surface area contributed by atoms with Gasteiger partial charge < -0.3 is 4.90 Å². The fraction of sp³-hybridized carbons (Fsp3) is 0.353. The van der Waals surface area contributed by atoms with Gasteiger partial charge in [-0.25, -0.2) is 0 Å². The smallest absolute Gasteiger partial charge is 0.256 e. The molecule has 1 fully saturated rings. The quantitative estimate of drug-likeness (QED) is 0.869. The minimum atomic E-state index is -0.0111. The molecule has 1 atom stereocenters. The number of Topliss-reactive ketones (excluding diaryl/α,β-unsaturated/α-hetero) is 1. The van der Waals surface area contributed by atoms with E-state index in [2.05, 4.69) is 4.98 Å². The molecular formula is C17H18N2O2. The molecule has 0 radical (unpaired) electrons. The summed E-state index contributed by atoms with van der Waals surface area (Å²) in [6.45, 7) is 2.31. The molecule has 3 rings (SSSR count). The minimum Gasteiger partial charge on any atom is -0.335 e. The second-order valence-corrected chi connectivity index (χ2v) is 5.58. The van der Waals surface area contributed by atoms with E-state index in [0.717, 1.165) is 30.3 Å². The fourth-order valence-corrected chi connectivity index (χ4v) is 3.08. The van der Waals surface area contributed by atoms with Gasteiger partial charge in [0.25, 0.3) is 5.91 Å². The maximum absolute atomic E-state index is 12.8. The van der Waals surface area contributed by atoms with Gasteiger partial charge in [-0.2, -0.15) is 0 Å². The third-order valence-electron chi connectivity index (χ3n) is 4.02. The Labute approximate surface area is 123 Å². The number of hydrogen-bond donors (Lipinski definition) is 0. The van der Waals surface area contributed by atoms with Crippen molar-refractivity contribution in [3.63, 3.8) is 0 Å². The molecule has 1 unspecified atom stereocenters. The SMILES string of the molecule is CC(=O)CC1CCCN1C(=O)c1cccc2cccnc12. The van der Waals surface area contributed by atoms with Crippen LogP contribution < -0.4 is 0 Å². The number of rotatable bonds is 3. The van der Waals surface area contributed by atoms with Crippen LogP contribution in [0.4, 0.5) is 0 Å². The molecule has 108 valence electrons. The predicted molar refractivity (Wildman–Crippen MR) is 81.1 cm³/mol. The van der Waals surface area contributed by atoms with Crippen LogP contribution in [0.5, 0.6) is 0 Å². The van der Waals surface area contributed by atoms with E-state index < -0.39 is 0 Å². The van der Waals surface area contributed by atoms with Gasteiger partial charge in [0.05, 0.1) is 11.1 Å². The number of amides is 1.